The highest BCUT2D eigenvalue weighted by Gasteiger charge is 2.35. The Labute approximate surface area is 122 Å². The molecule has 1 atom stereocenters. The summed E-state index contributed by atoms with van der Waals surface area (Å²) in [5.74, 6) is 0.636. The molecule has 2 aromatic rings. The van der Waals surface area contributed by atoms with Crippen LogP contribution in [0.4, 0.5) is 5.82 Å². The van der Waals surface area contributed by atoms with Gasteiger partial charge in [0.05, 0.1) is 18.3 Å². The van der Waals surface area contributed by atoms with Gasteiger partial charge in [-0.15, -0.1) is 5.10 Å². The molecule has 21 heavy (non-hydrogen) atoms. The molecule has 7 heteroatoms. The van der Waals surface area contributed by atoms with Crippen LogP contribution in [0.1, 0.15) is 18.4 Å². The number of rotatable bonds is 3. The summed E-state index contributed by atoms with van der Waals surface area (Å²) in [6.45, 7) is 1.60. The Balaban J connectivity index is 1.81. The summed E-state index contributed by atoms with van der Waals surface area (Å²) >= 11 is 0. The summed E-state index contributed by atoms with van der Waals surface area (Å²) in [6, 6.07) is 5.64. The monoisotopic (exact) mass is 284 g/mol. The van der Waals surface area contributed by atoms with Gasteiger partial charge < -0.3 is 10.0 Å². The number of hydrogen-bond acceptors (Lipinski definition) is 6. The van der Waals surface area contributed by atoms with Crippen LogP contribution in [0.2, 0.25) is 0 Å². The minimum Gasteiger partial charge on any atom is -0.386 e. The minimum atomic E-state index is -0.893. The van der Waals surface area contributed by atoms with E-state index in [1.807, 2.05) is 4.90 Å². The number of aromatic nitrogens is 4. The summed E-state index contributed by atoms with van der Waals surface area (Å²) in [5.41, 5.74) is -0.363. The summed E-state index contributed by atoms with van der Waals surface area (Å²) in [7, 11) is 0. The van der Waals surface area contributed by atoms with Crippen molar-refractivity contribution in [2.24, 2.45) is 0 Å². The van der Waals surface area contributed by atoms with Gasteiger partial charge in [-0.25, -0.2) is 9.67 Å². The standard InChI is InChI=1S/C14H16N6O/c15-9-12-3-1-5-16-13(12)19-7-2-4-14(21,10-19)11-20-8-6-17-18-20/h1,3,5-6,8,21H,2,4,7,10-11H2. The Morgan fingerprint density at radius 2 is 2.33 bits per heavy atom. The largest absolute Gasteiger partial charge is 0.386 e. The van der Waals surface area contributed by atoms with E-state index in [0.717, 1.165) is 13.0 Å². The Hall–Kier alpha value is -2.46. The molecule has 0 spiro atoms. The minimum absolute atomic E-state index is 0.387. The molecule has 1 N–H and O–H groups in total. The second kappa shape index (κ2) is 5.50. The first-order valence-electron chi connectivity index (χ1n) is 6.87. The van der Waals surface area contributed by atoms with Crippen molar-refractivity contribution in [2.45, 2.75) is 25.0 Å². The third-order valence-electron chi connectivity index (χ3n) is 3.69. The van der Waals surface area contributed by atoms with Crippen molar-refractivity contribution in [3.63, 3.8) is 0 Å². The van der Waals surface area contributed by atoms with Crippen molar-refractivity contribution >= 4 is 5.82 Å². The normalized spacial score (nSPS) is 22.0. The van der Waals surface area contributed by atoms with E-state index in [4.69, 9.17) is 0 Å². The lowest BCUT2D eigenvalue weighted by Gasteiger charge is -2.39. The molecule has 3 heterocycles. The van der Waals surface area contributed by atoms with Crippen LogP contribution >= 0.6 is 0 Å². The van der Waals surface area contributed by atoms with Crippen LogP contribution < -0.4 is 4.90 Å². The van der Waals surface area contributed by atoms with Crippen LogP contribution in [0, 0.1) is 11.3 Å². The number of nitriles is 1. The van der Waals surface area contributed by atoms with Crippen LogP contribution in [-0.4, -0.2) is 43.8 Å². The molecule has 0 amide bonds. The van der Waals surface area contributed by atoms with Crippen molar-refractivity contribution in [3.8, 4) is 6.07 Å². The Kier molecular flexibility index (Phi) is 3.54. The van der Waals surface area contributed by atoms with Crippen molar-refractivity contribution < 1.29 is 5.11 Å². The lowest BCUT2D eigenvalue weighted by Crippen LogP contribution is -2.51. The summed E-state index contributed by atoms with van der Waals surface area (Å²) in [6.07, 6.45) is 6.53. The summed E-state index contributed by atoms with van der Waals surface area (Å²) < 4.78 is 1.63. The molecule has 0 saturated carbocycles. The molecule has 1 unspecified atom stereocenters. The number of pyridine rings is 1. The van der Waals surface area contributed by atoms with Gasteiger partial charge in [-0.05, 0) is 25.0 Å². The lowest BCUT2D eigenvalue weighted by atomic mass is 9.92. The summed E-state index contributed by atoms with van der Waals surface area (Å²) in [5, 5.41) is 27.6. The zero-order chi connectivity index (χ0) is 14.7. The van der Waals surface area contributed by atoms with Gasteiger partial charge >= 0.3 is 0 Å². The fraction of sp³-hybridized carbons (Fsp3) is 0.429. The first-order chi connectivity index (χ1) is 10.2. The van der Waals surface area contributed by atoms with Crippen molar-refractivity contribution in [3.05, 3.63) is 36.3 Å². The molecule has 0 bridgehead atoms. The van der Waals surface area contributed by atoms with Crippen LogP contribution in [0.3, 0.4) is 0 Å². The van der Waals surface area contributed by atoms with Gasteiger partial charge in [0, 0.05) is 25.5 Å². The number of β-amino-alcohol motifs (C(OH)–C–C–N with tert-alkyl or cyclic N) is 1. The smallest absolute Gasteiger partial charge is 0.146 e. The van der Waals surface area contributed by atoms with E-state index in [0.29, 0.717) is 30.9 Å². The van der Waals surface area contributed by atoms with Gasteiger partial charge in [0.1, 0.15) is 17.5 Å². The number of nitrogens with zero attached hydrogens (tertiary/aromatic N) is 6. The molecule has 7 nitrogen and oxygen atoms in total. The zero-order valence-electron chi connectivity index (χ0n) is 11.6. The van der Waals surface area contributed by atoms with E-state index in [9.17, 15) is 10.4 Å². The van der Waals surface area contributed by atoms with E-state index in [1.54, 1.807) is 35.4 Å². The number of aliphatic hydroxyl groups is 1. The van der Waals surface area contributed by atoms with E-state index in [1.165, 1.54) is 0 Å². The maximum atomic E-state index is 10.8. The maximum Gasteiger partial charge on any atom is 0.146 e. The fourth-order valence-corrected chi connectivity index (χ4v) is 2.78. The fourth-order valence-electron chi connectivity index (χ4n) is 2.78. The molecular weight excluding hydrogens is 268 g/mol. The van der Waals surface area contributed by atoms with Crippen molar-refractivity contribution in [1.29, 1.82) is 5.26 Å². The van der Waals surface area contributed by atoms with Crippen LogP contribution in [0.5, 0.6) is 0 Å². The van der Waals surface area contributed by atoms with E-state index in [2.05, 4.69) is 21.4 Å². The van der Waals surface area contributed by atoms with Gasteiger partial charge in [0.15, 0.2) is 0 Å². The number of anilines is 1. The zero-order valence-corrected chi connectivity index (χ0v) is 11.6. The number of hydrogen-bond donors (Lipinski definition) is 1. The second-order valence-corrected chi connectivity index (χ2v) is 5.34. The first-order valence-corrected chi connectivity index (χ1v) is 6.87. The van der Waals surface area contributed by atoms with E-state index >= 15 is 0 Å². The molecule has 3 rings (SSSR count). The van der Waals surface area contributed by atoms with Gasteiger partial charge in [-0.2, -0.15) is 5.26 Å². The van der Waals surface area contributed by atoms with E-state index in [-0.39, 0.29) is 0 Å². The molecule has 108 valence electrons. The molecule has 1 fully saturated rings. The van der Waals surface area contributed by atoms with Crippen LogP contribution in [-0.2, 0) is 6.54 Å². The predicted molar refractivity (Wildman–Crippen MR) is 75.4 cm³/mol. The van der Waals surface area contributed by atoms with Crippen LogP contribution in [0.25, 0.3) is 0 Å². The quantitative estimate of drug-likeness (QED) is 0.886. The van der Waals surface area contributed by atoms with E-state index < -0.39 is 5.60 Å². The van der Waals surface area contributed by atoms with Gasteiger partial charge in [-0.1, -0.05) is 5.21 Å². The molecule has 2 aromatic heterocycles. The Bertz CT molecular complexity index is 650. The molecule has 1 aliphatic rings. The highest BCUT2D eigenvalue weighted by molar-refractivity contribution is 5.54. The molecule has 0 aliphatic carbocycles. The summed E-state index contributed by atoms with van der Waals surface area (Å²) in [4.78, 5) is 6.26. The molecule has 0 aromatic carbocycles. The van der Waals surface area contributed by atoms with Crippen molar-refractivity contribution in [2.75, 3.05) is 18.0 Å². The van der Waals surface area contributed by atoms with Gasteiger partial charge in [0.2, 0.25) is 0 Å². The molecule has 1 saturated heterocycles. The predicted octanol–water partition coefficient (Wildman–Crippen LogP) is 0.576. The SMILES string of the molecule is N#Cc1cccnc1N1CCCC(O)(Cn2ccnn2)C1. The third kappa shape index (κ3) is 2.85. The Morgan fingerprint density at radius 3 is 3.10 bits per heavy atom. The van der Waals surface area contributed by atoms with Crippen molar-refractivity contribution in [1.82, 2.24) is 20.0 Å². The van der Waals surface area contributed by atoms with Gasteiger partial charge in [-0.3, -0.25) is 0 Å². The Morgan fingerprint density at radius 1 is 1.43 bits per heavy atom. The third-order valence-corrected chi connectivity index (χ3v) is 3.69. The first kappa shape index (κ1) is 13.5. The highest BCUT2D eigenvalue weighted by Crippen LogP contribution is 2.27. The molecule has 0 radical (unpaired) electrons. The maximum absolute atomic E-state index is 10.8. The van der Waals surface area contributed by atoms with Crippen LogP contribution in [0.15, 0.2) is 30.7 Å². The second-order valence-electron chi connectivity index (χ2n) is 5.34. The number of piperidine rings is 1. The highest BCUT2D eigenvalue weighted by atomic mass is 16.3. The topological polar surface area (TPSA) is 90.9 Å². The molecular formula is C14H16N6O. The lowest BCUT2D eigenvalue weighted by molar-refractivity contribution is 0.00584. The average Bonchev–Trinajstić information content (AvgIpc) is 2.99. The average molecular weight is 284 g/mol. The molecule has 1 aliphatic heterocycles. The van der Waals surface area contributed by atoms with Gasteiger partial charge in [0.25, 0.3) is 0 Å².